The molecule has 0 aliphatic rings. The summed E-state index contributed by atoms with van der Waals surface area (Å²) in [5.41, 5.74) is 1.08. The molecular weight excluding hydrogens is 470 g/mol. The van der Waals surface area contributed by atoms with Gasteiger partial charge in [-0.15, -0.1) is 11.8 Å². The highest BCUT2D eigenvalue weighted by molar-refractivity contribution is 9.10. The fraction of sp³-hybridized carbons (Fsp3) is 0.273. The third-order valence-corrected chi connectivity index (χ3v) is 5.67. The average Bonchev–Trinajstić information content (AvgIpc) is 2.71. The maximum atomic E-state index is 12.5. The number of phenolic OH excluding ortho intramolecular Hbond substituents is 1. The maximum Gasteiger partial charge on any atom is 0.412 e. The topological polar surface area (TPSA) is 95.9 Å². The Morgan fingerprint density at radius 1 is 1.23 bits per heavy atom. The van der Waals surface area contributed by atoms with Crippen LogP contribution in [-0.2, 0) is 9.53 Å². The van der Waals surface area contributed by atoms with Gasteiger partial charge in [0.25, 0.3) is 0 Å². The SMILES string of the molecule is CSc1ccc(NC(=O)O[C@@H](c2cc(Br)ccc2O)[C@H](C)CC/C=C/C(=O)O)cc1. The lowest BCUT2D eigenvalue weighted by Crippen LogP contribution is -2.22. The molecule has 0 saturated heterocycles. The molecule has 6 nitrogen and oxygen atoms in total. The van der Waals surface area contributed by atoms with Crippen molar-refractivity contribution in [1.29, 1.82) is 0 Å². The van der Waals surface area contributed by atoms with Gasteiger partial charge in [0.15, 0.2) is 0 Å². The van der Waals surface area contributed by atoms with E-state index >= 15 is 0 Å². The Hall–Kier alpha value is -2.45. The average molecular weight is 494 g/mol. The number of nitrogens with one attached hydrogen (secondary N) is 1. The normalized spacial score (nSPS) is 13.0. The number of rotatable bonds is 9. The Bertz CT molecular complexity index is 901. The van der Waals surface area contributed by atoms with Gasteiger partial charge in [-0.05, 0) is 67.5 Å². The number of aliphatic carboxylic acids is 1. The fourth-order valence-corrected chi connectivity index (χ4v) is 3.66. The van der Waals surface area contributed by atoms with Crippen molar-refractivity contribution in [1.82, 2.24) is 0 Å². The first-order valence-corrected chi connectivity index (χ1v) is 11.3. The summed E-state index contributed by atoms with van der Waals surface area (Å²) in [6.45, 7) is 1.89. The molecule has 2 aromatic carbocycles. The molecule has 1 amide bonds. The van der Waals surface area contributed by atoms with Crippen molar-refractivity contribution in [3.05, 3.63) is 64.7 Å². The molecule has 30 heavy (non-hydrogen) atoms. The highest BCUT2D eigenvalue weighted by Crippen LogP contribution is 2.36. The van der Waals surface area contributed by atoms with Crippen molar-refractivity contribution in [2.24, 2.45) is 5.92 Å². The number of benzene rings is 2. The number of aromatic hydroxyl groups is 1. The molecule has 0 bridgehead atoms. The number of ether oxygens (including phenoxy) is 1. The molecule has 0 heterocycles. The number of carboxylic acid groups (broad SMARTS) is 1. The van der Waals surface area contributed by atoms with E-state index in [-0.39, 0.29) is 11.7 Å². The molecule has 0 fully saturated rings. The van der Waals surface area contributed by atoms with Crippen LogP contribution in [0.2, 0.25) is 0 Å². The van der Waals surface area contributed by atoms with Crippen molar-refractivity contribution < 1.29 is 24.5 Å². The van der Waals surface area contributed by atoms with Crippen molar-refractivity contribution in [3.8, 4) is 5.75 Å². The van der Waals surface area contributed by atoms with Gasteiger partial charge < -0.3 is 14.9 Å². The van der Waals surface area contributed by atoms with Gasteiger partial charge in [-0.1, -0.05) is 28.9 Å². The van der Waals surface area contributed by atoms with E-state index in [1.54, 1.807) is 42.1 Å². The van der Waals surface area contributed by atoms with Crippen LogP contribution in [0.25, 0.3) is 0 Å². The van der Waals surface area contributed by atoms with E-state index < -0.39 is 18.2 Å². The first kappa shape index (κ1) is 23.8. The number of anilines is 1. The Labute approximate surface area is 188 Å². The number of hydrogen-bond acceptors (Lipinski definition) is 5. The number of halogens is 1. The van der Waals surface area contributed by atoms with E-state index in [4.69, 9.17) is 9.84 Å². The summed E-state index contributed by atoms with van der Waals surface area (Å²) >= 11 is 4.99. The van der Waals surface area contributed by atoms with Gasteiger partial charge in [-0.3, -0.25) is 5.32 Å². The molecule has 8 heteroatoms. The monoisotopic (exact) mass is 493 g/mol. The number of thioether (sulfide) groups is 1. The van der Waals surface area contributed by atoms with Crippen LogP contribution in [0, 0.1) is 5.92 Å². The number of amides is 1. The van der Waals surface area contributed by atoms with E-state index in [1.807, 2.05) is 25.3 Å². The fourth-order valence-electron chi connectivity index (χ4n) is 2.87. The van der Waals surface area contributed by atoms with Gasteiger partial charge in [0.1, 0.15) is 11.9 Å². The van der Waals surface area contributed by atoms with Crippen LogP contribution in [0.3, 0.4) is 0 Å². The van der Waals surface area contributed by atoms with Gasteiger partial charge in [0.05, 0.1) is 0 Å². The molecular formula is C22H24BrNO5S. The summed E-state index contributed by atoms with van der Waals surface area (Å²) < 4.78 is 6.44. The van der Waals surface area contributed by atoms with E-state index in [0.29, 0.717) is 24.1 Å². The highest BCUT2D eigenvalue weighted by atomic mass is 79.9. The molecule has 0 aliphatic heterocycles. The first-order valence-electron chi connectivity index (χ1n) is 9.29. The Morgan fingerprint density at radius 2 is 1.93 bits per heavy atom. The summed E-state index contributed by atoms with van der Waals surface area (Å²) in [7, 11) is 0. The molecule has 2 rings (SSSR count). The summed E-state index contributed by atoms with van der Waals surface area (Å²) in [4.78, 5) is 24.3. The van der Waals surface area contributed by atoms with Crippen molar-refractivity contribution in [3.63, 3.8) is 0 Å². The minimum absolute atomic E-state index is 0.0215. The van der Waals surface area contributed by atoms with E-state index in [9.17, 15) is 14.7 Å². The number of allylic oxidation sites excluding steroid dienone is 1. The first-order chi connectivity index (χ1) is 14.3. The largest absolute Gasteiger partial charge is 0.508 e. The summed E-state index contributed by atoms with van der Waals surface area (Å²) in [6, 6.07) is 12.3. The zero-order chi connectivity index (χ0) is 22.1. The van der Waals surface area contributed by atoms with Crippen LogP contribution in [-0.4, -0.2) is 28.5 Å². The summed E-state index contributed by atoms with van der Waals surface area (Å²) in [6.07, 6.45) is 4.33. The standard InChI is InChI=1S/C22H24BrNO5S/c1-14(5-3-4-6-20(26)27)21(18-13-15(23)7-12-19(18)25)29-22(28)24-16-8-10-17(30-2)11-9-16/h4,6-14,21,25H,3,5H2,1-2H3,(H,24,28)(H,26,27)/b6-4+/t14-,21-/m1/s1. The molecule has 0 unspecified atom stereocenters. The molecule has 0 radical (unpaired) electrons. The van der Waals surface area contributed by atoms with Gasteiger partial charge in [0, 0.05) is 26.7 Å². The summed E-state index contributed by atoms with van der Waals surface area (Å²) in [5, 5.41) is 21.8. The number of carboxylic acids is 1. The van der Waals surface area contributed by atoms with Crippen molar-refractivity contribution in [2.45, 2.75) is 30.8 Å². The lowest BCUT2D eigenvalue weighted by atomic mass is 9.92. The molecule has 0 spiro atoms. The maximum absolute atomic E-state index is 12.5. The quantitative estimate of drug-likeness (QED) is 0.283. The Balaban J connectivity index is 2.16. The van der Waals surface area contributed by atoms with Gasteiger partial charge >= 0.3 is 12.1 Å². The predicted molar refractivity (Wildman–Crippen MR) is 122 cm³/mol. The van der Waals surface area contributed by atoms with Gasteiger partial charge in [-0.2, -0.15) is 0 Å². The minimum Gasteiger partial charge on any atom is -0.508 e. The van der Waals surface area contributed by atoms with E-state index in [2.05, 4.69) is 21.2 Å². The van der Waals surface area contributed by atoms with Crippen LogP contribution < -0.4 is 5.32 Å². The van der Waals surface area contributed by atoms with Crippen LogP contribution in [0.4, 0.5) is 10.5 Å². The number of carbonyl (C=O) groups is 2. The van der Waals surface area contributed by atoms with Crippen LogP contribution in [0.1, 0.15) is 31.4 Å². The third kappa shape index (κ3) is 7.42. The van der Waals surface area contributed by atoms with E-state index in [0.717, 1.165) is 15.4 Å². The molecule has 3 N–H and O–H groups in total. The molecule has 0 aromatic heterocycles. The lowest BCUT2D eigenvalue weighted by Gasteiger charge is -2.25. The Kier molecular flexibility index (Phi) is 9.26. The molecule has 0 aliphatic carbocycles. The lowest BCUT2D eigenvalue weighted by molar-refractivity contribution is -0.131. The Morgan fingerprint density at radius 3 is 2.57 bits per heavy atom. The van der Waals surface area contributed by atoms with Crippen LogP contribution in [0.15, 0.2) is 64.0 Å². The molecule has 2 aromatic rings. The third-order valence-electron chi connectivity index (χ3n) is 4.43. The predicted octanol–water partition coefficient (Wildman–Crippen LogP) is 6.22. The highest BCUT2D eigenvalue weighted by Gasteiger charge is 2.26. The van der Waals surface area contributed by atoms with Crippen LogP contribution in [0.5, 0.6) is 5.75 Å². The second kappa shape index (κ2) is 11.7. The molecule has 0 saturated carbocycles. The zero-order valence-electron chi connectivity index (χ0n) is 16.7. The van der Waals surface area contributed by atoms with E-state index in [1.165, 1.54) is 6.07 Å². The summed E-state index contributed by atoms with van der Waals surface area (Å²) in [5.74, 6) is -1.16. The number of hydrogen-bond donors (Lipinski definition) is 3. The minimum atomic E-state index is -1.01. The van der Waals surface area contributed by atoms with Gasteiger partial charge in [0.2, 0.25) is 0 Å². The van der Waals surface area contributed by atoms with Crippen molar-refractivity contribution >= 4 is 45.4 Å². The number of phenols is 1. The number of carbonyl (C=O) groups excluding carboxylic acids is 1. The van der Waals surface area contributed by atoms with Crippen molar-refractivity contribution in [2.75, 3.05) is 11.6 Å². The zero-order valence-corrected chi connectivity index (χ0v) is 19.1. The second-order valence-corrected chi connectivity index (χ2v) is 8.47. The molecule has 2 atom stereocenters. The smallest absolute Gasteiger partial charge is 0.412 e. The second-order valence-electron chi connectivity index (χ2n) is 6.68. The van der Waals surface area contributed by atoms with Gasteiger partial charge in [-0.25, -0.2) is 9.59 Å². The molecule has 160 valence electrons. The van der Waals surface area contributed by atoms with Crippen LogP contribution >= 0.6 is 27.7 Å².